The van der Waals surface area contributed by atoms with E-state index in [0.29, 0.717) is 0 Å². The van der Waals surface area contributed by atoms with Gasteiger partial charge in [0.1, 0.15) is 5.69 Å². The van der Waals surface area contributed by atoms with Crippen LogP contribution in [0.2, 0.25) is 0 Å². The first-order valence-electron chi connectivity index (χ1n) is 6.33. The summed E-state index contributed by atoms with van der Waals surface area (Å²) >= 11 is 0. The summed E-state index contributed by atoms with van der Waals surface area (Å²) in [5, 5.41) is 4.55. The Bertz CT molecular complexity index is 645. The molecule has 4 nitrogen and oxygen atoms in total. The predicted octanol–water partition coefficient (Wildman–Crippen LogP) is 3.01. The van der Waals surface area contributed by atoms with Gasteiger partial charge in [0.15, 0.2) is 5.82 Å². The molecule has 0 fully saturated rings. The predicted molar refractivity (Wildman–Crippen MR) is 72.4 cm³/mol. The highest BCUT2D eigenvalue weighted by atomic mass is 15.3. The van der Waals surface area contributed by atoms with Crippen molar-refractivity contribution in [1.29, 1.82) is 0 Å². The monoisotopic (exact) mass is 240 g/mol. The van der Waals surface area contributed by atoms with Gasteiger partial charge < -0.3 is 4.98 Å². The van der Waals surface area contributed by atoms with E-state index < -0.39 is 0 Å². The van der Waals surface area contributed by atoms with Crippen LogP contribution in [0.25, 0.3) is 22.6 Å². The van der Waals surface area contributed by atoms with Crippen molar-refractivity contribution in [2.45, 2.75) is 26.8 Å². The molecule has 0 bridgehead atoms. The Labute approximate surface area is 106 Å². The van der Waals surface area contributed by atoms with Crippen molar-refractivity contribution in [2.24, 2.45) is 0 Å². The number of aromatic nitrogens is 4. The lowest BCUT2D eigenvalue weighted by molar-refractivity contribution is 0.653. The SMILES string of the molecule is CCc1cc(-c2nc3ccccc3[nH]2)n(CC)n1. The molecule has 1 aromatic carbocycles. The first-order chi connectivity index (χ1) is 8.81. The van der Waals surface area contributed by atoms with E-state index in [1.54, 1.807) is 0 Å². The van der Waals surface area contributed by atoms with Crippen LogP contribution in [0.5, 0.6) is 0 Å². The summed E-state index contributed by atoms with van der Waals surface area (Å²) in [4.78, 5) is 7.97. The zero-order valence-corrected chi connectivity index (χ0v) is 10.6. The molecule has 0 aliphatic heterocycles. The van der Waals surface area contributed by atoms with Crippen molar-refractivity contribution in [1.82, 2.24) is 19.7 Å². The summed E-state index contributed by atoms with van der Waals surface area (Å²) < 4.78 is 2.00. The minimum absolute atomic E-state index is 0.854. The minimum atomic E-state index is 0.854. The van der Waals surface area contributed by atoms with Gasteiger partial charge in [-0.1, -0.05) is 19.1 Å². The molecule has 0 unspecified atom stereocenters. The normalized spacial score (nSPS) is 11.2. The minimum Gasteiger partial charge on any atom is -0.337 e. The van der Waals surface area contributed by atoms with Crippen LogP contribution in [0.15, 0.2) is 30.3 Å². The van der Waals surface area contributed by atoms with Gasteiger partial charge in [-0.25, -0.2) is 4.98 Å². The molecule has 3 rings (SSSR count). The van der Waals surface area contributed by atoms with E-state index in [0.717, 1.165) is 41.2 Å². The molecule has 3 aromatic rings. The Hall–Kier alpha value is -2.10. The fraction of sp³-hybridized carbons (Fsp3) is 0.286. The van der Waals surface area contributed by atoms with E-state index in [9.17, 15) is 0 Å². The van der Waals surface area contributed by atoms with Gasteiger partial charge in [-0.15, -0.1) is 0 Å². The lowest BCUT2D eigenvalue weighted by Crippen LogP contribution is -2.00. The van der Waals surface area contributed by atoms with E-state index in [1.165, 1.54) is 0 Å². The largest absolute Gasteiger partial charge is 0.337 e. The van der Waals surface area contributed by atoms with Gasteiger partial charge in [-0.3, -0.25) is 4.68 Å². The highest BCUT2D eigenvalue weighted by molar-refractivity contribution is 5.78. The number of benzene rings is 1. The number of para-hydroxylation sites is 2. The summed E-state index contributed by atoms with van der Waals surface area (Å²) in [6.07, 6.45) is 0.945. The topological polar surface area (TPSA) is 46.5 Å². The highest BCUT2D eigenvalue weighted by Gasteiger charge is 2.11. The second-order valence-corrected chi connectivity index (χ2v) is 4.29. The number of fused-ring (bicyclic) bond motifs is 1. The van der Waals surface area contributed by atoms with Gasteiger partial charge in [0.25, 0.3) is 0 Å². The number of hydrogen-bond acceptors (Lipinski definition) is 2. The van der Waals surface area contributed by atoms with E-state index in [-0.39, 0.29) is 0 Å². The number of H-pyrrole nitrogens is 1. The first-order valence-corrected chi connectivity index (χ1v) is 6.33. The molecule has 0 atom stereocenters. The zero-order chi connectivity index (χ0) is 12.5. The Morgan fingerprint density at radius 1 is 1.22 bits per heavy atom. The Morgan fingerprint density at radius 2 is 2.06 bits per heavy atom. The van der Waals surface area contributed by atoms with Crippen LogP contribution in [-0.2, 0) is 13.0 Å². The summed E-state index contributed by atoms with van der Waals surface area (Å²) in [7, 11) is 0. The Kier molecular flexibility index (Phi) is 2.63. The van der Waals surface area contributed by atoms with Gasteiger partial charge in [0.2, 0.25) is 0 Å². The molecule has 2 heterocycles. The molecule has 1 N–H and O–H groups in total. The van der Waals surface area contributed by atoms with E-state index in [4.69, 9.17) is 0 Å². The molecule has 2 aromatic heterocycles. The number of hydrogen-bond donors (Lipinski definition) is 1. The maximum Gasteiger partial charge on any atom is 0.156 e. The number of nitrogens with zero attached hydrogens (tertiary/aromatic N) is 3. The average molecular weight is 240 g/mol. The molecular formula is C14H16N4. The van der Waals surface area contributed by atoms with E-state index >= 15 is 0 Å². The standard InChI is InChI=1S/C14H16N4/c1-3-10-9-13(18(4-2)17-10)14-15-11-7-5-6-8-12(11)16-14/h5-9H,3-4H2,1-2H3,(H,15,16). The molecule has 4 heteroatoms. The third-order valence-electron chi connectivity index (χ3n) is 3.12. The lowest BCUT2D eigenvalue weighted by Gasteiger charge is -2.00. The van der Waals surface area contributed by atoms with Crippen LogP contribution < -0.4 is 0 Å². The molecule has 92 valence electrons. The van der Waals surface area contributed by atoms with Crippen molar-refractivity contribution in [2.75, 3.05) is 0 Å². The van der Waals surface area contributed by atoms with Crippen molar-refractivity contribution in [3.63, 3.8) is 0 Å². The van der Waals surface area contributed by atoms with Gasteiger partial charge in [-0.05, 0) is 31.5 Å². The van der Waals surface area contributed by atoms with Crippen molar-refractivity contribution >= 4 is 11.0 Å². The van der Waals surface area contributed by atoms with Crippen LogP contribution in [0, 0.1) is 0 Å². The van der Waals surface area contributed by atoms with Gasteiger partial charge in [0, 0.05) is 6.54 Å². The second-order valence-electron chi connectivity index (χ2n) is 4.29. The van der Waals surface area contributed by atoms with Crippen LogP contribution in [0.1, 0.15) is 19.5 Å². The van der Waals surface area contributed by atoms with E-state index in [2.05, 4.69) is 35.0 Å². The summed E-state index contributed by atoms with van der Waals surface area (Å²) in [5.41, 5.74) is 4.22. The fourth-order valence-corrected chi connectivity index (χ4v) is 2.15. The van der Waals surface area contributed by atoms with Crippen LogP contribution >= 0.6 is 0 Å². The molecule has 0 saturated heterocycles. The van der Waals surface area contributed by atoms with Crippen LogP contribution in [0.3, 0.4) is 0 Å². The quantitative estimate of drug-likeness (QED) is 0.765. The molecule has 0 aliphatic rings. The van der Waals surface area contributed by atoms with Crippen molar-refractivity contribution in [3.8, 4) is 11.5 Å². The molecule has 0 saturated carbocycles. The van der Waals surface area contributed by atoms with Gasteiger partial charge in [-0.2, -0.15) is 5.10 Å². The lowest BCUT2D eigenvalue weighted by atomic mass is 10.3. The third kappa shape index (κ3) is 1.70. The first kappa shape index (κ1) is 11.0. The zero-order valence-electron chi connectivity index (χ0n) is 10.6. The van der Waals surface area contributed by atoms with Crippen molar-refractivity contribution < 1.29 is 0 Å². The highest BCUT2D eigenvalue weighted by Crippen LogP contribution is 2.21. The number of imidazole rings is 1. The van der Waals surface area contributed by atoms with Crippen molar-refractivity contribution in [3.05, 3.63) is 36.0 Å². The fourth-order valence-electron chi connectivity index (χ4n) is 2.15. The second kappa shape index (κ2) is 4.29. The molecule has 0 aliphatic carbocycles. The summed E-state index contributed by atoms with van der Waals surface area (Å²) in [6, 6.07) is 10.2. The maximum atomic E-state index is 4.62. The molecule has 18 heavy (non-hydrogen) atoms. The summed E-state index contributed by atoms with van der Waals surface area (Å²) in [6.45, 7) is 5.07. The number of nitrogens with one attached hydrogen (secondary N) is 1. The Balaban J connectivity index is 2.15. The van der Waals surface area contributed by atoms with E-state index in [1.807, 2.05) is 28.9 Å². The molecular weight excluding hydrogens is 224 g/mol. The smallest absolute Gasteiger partial charge is 0.156 e. The number of aryl methyl sites for hydroxylation is 2. The number of rotatable bonds is 3. The van der Waals surface area contributed by atoms with Crippen LogP contribution in [0.4, 0.5) is 0 Å². The maximum absolute atomic E-state index is 4.62. The molecule has 0 amide bonds. The average Bonchev–Trinajstić information content (AvgIpc) is 3.01. The van der Waals surface area contributed by atoms with Crippen LogP contribution in [-0.4, -0.2) is 19.7 Å². The Morgan fingerprint density at radius 3 is 2.78 bits per heavy atom. The molecule has 0 spiro atoms. The molecule has 0 radical (unpaired) electrons. The summed E-state index contributed by atoms with van der Waals surface area (Å²) in [5.74, 6) is 0.894. The van der Waals surface area contributed by atoms with Gasteiger partial charge >= 0.3 is 0 Å². The van der Waals surface area contributed by atoms with Gasteiger partial charge in [0.05, 0.1) is 16.7 Å². The third-order valence-corrected chi connectivity index (χ3v) is 3.12. The number of aromatic amines is 1.